The van der Waals surface area contributed by atoms with Gasteiger partial charge in [-0.3, -0.25) is 4.79 Å². The molecule has 0 saturated heterocycles. The van der Waals surface area contributed by atoms with Crippen molar-refractivity contribution in [2.75, 3.05) is 0 Å². The van der Waals surface area contributed by atoms with E-state index in [-0.39, 0.29) is 27.9 Å². The van der Waals surface area contributed by atoms with Crippen molar-refractivity contribution in [3.8, 4) is 17.1 Å². The summed E-state index contributed by atoms with van der Waals surface area (Å²) in [6.07, 6.45) is 0. The van der Waals surface area contributed by atoms with Gasteiger partial charge < -0.3 is 9.15 Å². The van der Waals surface area contributed by atoms with Crippen LogP contribution in [0.25, 0.3) is 22.3 Å². The van der Waals surface area contributed by atoms with Crippen LogP contribution in [-0.4, -0.2) is 5.97 Å². The number of halogens is 2. The van der Waals surface area contributed by atoms with Gasteiger partial charge in [0.15, 0.2) is 5.76 Å². The van der Waals surface area contributed by atoms with E-state index in [1.54, 1.807) is 12.1 Å². The second kappa shape index (κ2) is 8.24. The fraction of sp³-hybridized carbons (Fsp3) is 0.154. The molecule has 3 aromatic carbocycles. The Bertz CT molecular complexity index is 1360. The normalized spacial score (nSPS) is 11.5. The van der Waals surface area contributed by atoms with Crippen LogP contribution in [0.1, 0.15) is 36.7 Å². The molecule has 0 aliphatic rings. The molecule has 4 rings (SSSR count). The lowest BCUT2D eigenvalue weighted by Gasteiger charge is -2.19. The Morgan fingerprint density at radius 2 is 1.62 bits per heavy atom. The highest BCUT2D eigenvalue weighted by Gasteiger charge is 2.22. The van der Waals surface area contributed by atoms with Crippen molar-refractivity contribution in [2.24, 2.45) is 0 Å². The van der Waals surface area contributed by atoms with Gasteiger partial charge in [-0.15, -0.1) is 0 Å². The molecular formula is C26H20ClFO4. The van der Waals surface area contributed by atoms with Crippen molar-refractivity contribution in [3.05, 3.63) is 98.9 Å². The van der Waals surface area contributed by atoms with Crippen LogP contribution in [0.15, 0.2) is 75.9 Å². The minimum absolute atomic E-state index is 0.0582. The molecule has 0 aliphatic heterocycles. The highest BCUT2D eigenvalue weighted by atomic mass is 35.5. The van der Waals surface area contributed by atoms with Gasteiger partial charge in [0, 0.05) is 10.6 Å². The van der Waals surface area contributed by atoms with E-state index in [2.05, 4.69) is 20.8 Å². The van der Waals surface area contributed by atoms with Crippen LogP contribution in [0, 0.1) is 5.82 Å². The number of hydrogen-bond donors (Lipinski definition) is 0. The average Bonchev–Trinajstić information content (AvgIpc) is 2.76. The summed E-state index contributed by atoms with van der Waals surface area (Å²) in [5, 5.41) is 0.539. The standard InChI is InChI=1S/C26H20ClFO4/c1-26(2,3)17-8-4-15(5-9-17)23-24(32-25(30)16-6-11-19(28)12-7-16)22(29)20-14-18(27)10-13-21(20)31-23/h4-14H,1-3H3. The van der Waals surface area contributed by atoms with E-state index in [0.717, 1.165) is 17.7 Å². The van der Waals surface area contributed by atoms with Gasteiger partial charge in [0.05, 0.1) is 10.9 Å². The summed E-state index contributed by atoms with van der Waals surface area (Å²) in [5.74, 6) is -1.41. The van der Waals surface area contributed by atoms with Crippen LogP contribution in [0.2, 0.25) is 5.02 Å². The molecule has 6 heteroatoms. The Hall–Kier alpha value is -3.44. The maximum atomic E-state index is 13.3. The van der Waals surface area contributed by atoms with Gasteiger partial charge in [0.2, 0.25) is 11.2 Å². The molecule has 0 unspecified atom stereocenters. The van der Waals surface area contributed by atoms with Crippen LogP contribution in [-0.2, 0) is 5.41 Å². The van der Waals surface area contributed by atoms with E-state index >= 15 is 0 Å². The van der Waals surface area contributed by atoms with Gasteiger partial charge >= 0.3 is 5.97 Å². The summed E-state index contributed by atoms with van der Waals surface area (Å²) in [5.41, 5.74) is 1.51. The van der Waals surface area contributed by atoms with Crippen LogP contribution >= 0.6 is 11.6 Å². The lowest BCUT2D eigenvalue weighted by atomic mass is 9.86. The Labute approximate surface area is 189 Å². The molecule has 4 aromatic rings. The van der Waals surface area contributed by atoms with Crippen LogP contribution < -0.4 is 10.2 Å². The Kier molecular flexibility index (Phi) is 5.61. The summed E-state index contributed by atoms with van der Waals surface area (Å²) >= 11 is 6.05. The Morgan fingerprint density at radius 3 is 2.25 bits per heavy atom. The van der Waals surface area contributed by atoms with Crippen LogP contribution in [0.4, 0.5) is 4.39 Å². The largest absolute Gasteiger partial charge is 0.452 e. The van der Waals surface area contributed by atoms with E-state index in [4.69, 9.17) is 20.8 Å². The zero-order valence-corrected chi connectivity index (χ0v) is 18.5. The molecule has 0 spiro atoms. The number of carbonyl (C=O) groups excluding carboxylic acids is 1. The van der Waals surface area contributed by atoms with Crippen molar-refractivity contribution in [2.45, 2.75) is 26.2 Å². The first-order valence-electron chi connectivity index (χ1n) is 9.98. The summed E-state index contributed by atoms with van der Waals surface area (Å²) in [4.78, 5) is 26.0. The summed E-state index contributed by atoms with van der Waals surface area (Å²) < 4.78 is 24.7. The van der Waals surface area contributed by atoms with E-state index in [1.807, 2.05) is 24.3 Å². The summed E-state index contributed by atoms with van der Waals surface area (Å²) in [6.45, 7) is 6.29. The Morgan fingerprint density at radius 1 is 0.969 bits per heavy atom. The molecule has 0 aliphatic carbocycles. The number of esters is 1. The van der Waals surface area contributed by atoms with Gasteiger partial charge in [-0.05, 0) is 53.4 Å². The molecule has 162 valence electrons. The number of benzene rings is 3. The van der Waals surface area contributed by atoms with Gasteiger partial charge in [-0.1, -0.05) is 56.6 Å². The highest BCUT2D eigenvalue weighted by molar-refractivity contribution is 6.31. The highest BCUT2D eigenvalue weighted by Crippen LogP contribution is 2.33. The molecule has 0 N–H and O–H groups in total. The molecule has 4 nitrogen and oxygen atoms in total. The fourth-order valence-corrected chi connectivity index (χ4v) is 3.46. The molecule has 0 fully saturated rings. The van der Waals surface area contributed by atoms with Crippen molar-refractivity contribution < 1.29 is 18.3 Å². The first kappa shape index (κ1) is 21.8. The average molecular weight is 451 g/mol. The number of ether oxygens (including phenoxy) is 1. The fourth-order valence-electron chi connectivity index (χ4n) is 3.29. The summed E-state index contributed by atoms with van der Waals surface area (Å²) in [7, 11) is 0. The first-order valence-corrected chi connectivity index (χ1v) is 10.4. The third-order valence-corrected chi connectivity index (χ3v) is 5.33. The number of hydrogen-bond acceptors (Lipinski definition) is 4. The van der Waals surface area contributed by atoms with Crippen LogP contribution in [0.3, 0.4) is 0 Å². The zero-order chi connectivity index (χ0) is 23.0. The van der Waals surface area contributed by atoms with Gasteiger partial charge in [0.1, 0.15) is 11.4 Å². The zero-order valence-electron chi connectivity index (χ0n) is 17.7. The second-order valence-electron chi connectivity index (χ2n) is 8.45. The molecule has 0 atom stereocenters. The van der Waals surface area contributed by atoms with E-state index < -0.39 is 17.2 Å². The molecule has 1 aromatic heterocycles. The molecular weight excluding hydrogens is 431 g/mol. The van der Waals surface area contributed by atoms with E-state index in [0.29, 0.717) is 16.2 Å². The quantitative estimate of drug-likeness (QED) is 0.323. The summed E-state index contributed by atoms with van der Waals surface area (Å²) in [6, 6.07) is 17.0. The maximum absolute atomic E-state index is 13.3. The predicted octanol–water partition coefficient (Wildman–Crippen LogP) is 6.77. The van der Waals surface area contributed by atoms with Crippen molar-refractivity contribution in [3.63, 3.8) is 0 Å². The molecule has 0 amide bonds. The van der Waals surface area contributed by atoms with Gasteiger partial charge in [-0.2, -0.15) is 0 Å². The third-order valence-electron chi connectivity index (χ3n) is 5.10. The number of carbonyl (C=O) groups is 1. The molecule has 0 bridgehead atoms. The predicted molar refractivity (Wildman–Crippen MR) is 123 cm³/mol. The Balaban J connectivity index is 1.87. The minimum atomic E-state index is -0.800. The van der Waals surface area contributed by atoms with E-state index in [9.17, 15) is 14.0 Å². The number of rotatable bonds is 3. The molecule has 32 heavy (non-hydrogen) atoms. The molecule has 1 heterocycles. The third kappa shape index (κ3) is 4.30. The SMILES string of the molecule is CC(C)(C)c1ccc(-c2oc3ccc(Cl)cc3c(=O)c2OC(=O)c2ccc(F)cc2)cc1. The lowest BCUT2D eigenvalue weighted by molar-refractivity contribution is 0.0731. The van der Waals surface area contributed by atoms with E-state index in [1.165, 1.54) is 18.2 Å². The van der Waals surface area contributed by atoms with Crippen LogP contribution in [0.5, 0.6) is 5.75 Å². The molecule has 0 radical (unpaired) electrons. The molecule has 0 saturated carbocycles. The maximum Gasteiger partial charge on any atom is 0.343 e. The number of fused-ring (bicyclic) bond motifs is 1. The van der Waals surface area contributed by atoms with Crippen molar-refractivity contribution >= 4 is 28.5 Å². The topological polar surface area (TPSA) is 56.5 Å². The van der Waals surface area contributed by atoms with Gasteiger partial charge in [0.25, 0.3) is 0 Å². The van der Waals surface area contributed by atoms with Gasteiger partial charge in [-0.25, -0.2) is 9.18 Å². The monoisotopic (exact) mass is 450 g/mol. The van der Waals surface area contributed by atoms with Crippen molar-refractivity contribution in [1.82, 2.24) is 0 Å². The smallest absolute Gasteiger partial charge is 0.343 e. The van der Waals surface area contributed by atoms with Crippen molar-refractivity contribution in [1.29, 1.82) is 0 Å². The lowest BCUT2D eigenvalue weighted by Crippen LogP contribution is -2.16. The first-order chi connectivity index (χ1) is 15.1. The minimum Gasteiger partial charge on any atom is -0.452 e. The second-order valence-corrected chi connectivity index (χ2v) is 8.89.